The lowest BCUT2D eigenvalue weighted by Crippen LogP contribution is -2.21. The first-order chi connectivity index (χ1) is 4.73. The molecule has 4 nitrogen and oxygen atoms in total. The van der Waals surface area contributed by atoms with Crippen LogP contribution in [-0.4, -0.2) is 19.1 Å². The van der Waals surface area contributed by atoms with Crippen molar-refractivity contribution < 1.29 is 4.79 Å². The van der Waals surface area contributed by atoms with E-state index in [1.54, 1.807) is 0 Å². The summed E-state index contributed by atoms with van der Waals surface area (Å²) in [6, 6.07) is -0.833. The molecule has 0 saturated carbocycles. The van der Waals surface area contributed by atoms with Gasteiger partial charge >= 0.3 is 6.03 Å². The van der Waals surface area contributed by atoms with Crippen molar-refractivity contribution in [1.29, 1.82) is 0 Å². The van der Waals surface area contributed by atoms with E-state index in [-0.39, 0.29) is 12.4 Å². The van der Waals surface area contributed by atoms with E-state index in [0.29, 0.717) is 0 Å². The molecule has 2 amide bonds. The smallest absolute Gasteiger partial charge is 0.309 e. The number of primary amides is 2. The number of hydrogen-bond donors (Lipinski definition) is 3. The van der Waals surface area contributed by atoms with Gasteiger partial charge in [0.15, 0.2) is 0 Å². The Hall–Kier alpha value is -0.480. The van der Waals surface area contributed by atoms with Crippen LogP contribution < -0.4 is 16.8 Å². The van der Waals surface area contributed by atoms with Crippen molar-refractivity contribution in [3.8, 4) is 0 Å². The normalized spacial score (nSPS) is 15.3. The molecule has 0 aliphatic carbocycles. The van der Waals surface area contributed by atoms with Crippen LogP contribution in [0.5, 0.6) is 0 Å². The van der Waals surface area contributed by atoms with Crippen LogP contribution in [0, 0.1) is 0 Å². The number of carbonyl (C=O) groups excluding carboxylic acids is 1. The Labute approximate surface area is 73.1 Å². The minimum absolute atomic E-state index is 0. The second kappa shape index (κ2) is 9.52. The zero-order chi connectivity index (χ0) is 7.82. The lowest BCUT2D eigenvalue weighted by Gasteiger charge is -2.08. The van der Waals surface area contributed by atoms with E-state index >= 15 is 0 Å². The summed E-state index contributed by atoms with van der Waals surface area (Å²) in [5.74, 6) is 0. The highest BCUT2D eigenvalue weighted by Crippen LogP contribution is 1.96. The Morgan fingerprint density at radius 2 is 1.45 bits per heavy atom. The molecule has 11 heavy (non-hydrogen) atoms. The Morgan fingerprint density at radius 1 is 1.09 bits per heavy atom. The molecular weight excluding hydrogens is 166 g/mol. The zero-order valence-electron chi connectivity index (χ0n) is 6.51. The van der Waals surface area contributed by atoms with Gasteiger partial charge in [-0.25, -0.2) is 4.79 Å². The Morgan fingerprint density at radius 3 is 1.55 bits per heavy atom. The summed E-state index contributed by atoms with van der Waals surface area (Å²) in [7, 11) is 0. The fraction of sp³-hybridized carbons (Fsp3) is 0.833. The molecule has 1 rings (SSSR count). The zero-order valence-corrected chi connectivity index (χ0v) is 7.32. The van der Waals surface area contributed by atoms with Crippen LogP contribution in [0.3, 0.4) is 0 Å². The van der Waals surface area contributed by atoms with Gasteiger partial charge in [-0.15, -0.1) is 12.4 Å². The van der Waals surface area contributed by atoms with Crippen molar-refractivity contribution in [3.05, 3.63) is 0 Å². The lowest BCUT2D eigenvalue weighted by molar-refractivity contribution is 0.256. The monoisotopic (exact) mass is 181 g/mol. The average Bonchev–Trinajstić information content (AvgIpc) is 1.90. The van der Waals surface area contributed by atoms with Crippen LogP contribution in [0.25, 0.3) is 0 Å². The standard InChI is InChI=1S/C5H11N.CH4N2O.ClH/c1-2-4-6-5-3-1;2-1(3)4;/h6H,1-5H2;(H4,2,3,4);1H. The van der Waals surface area contributed by atoms with Crippen LogP contribution in [0.15, 0.2) is 0 Å². The highest BCUT2D eigenvalue weighted by Gasteiger charge is 1.93. The van der Waals surface area contributed by atoms with Crippen LogP contribution in [0.2, 0.25) is 0 Å². The van der Waals surface area contributed by atoms with E-state index in [2.05, 4.69) is 16.8 Å². The number of amides is 2. The number of nitrogens with two attached hydrogens (primary N) is 2. The highest BCUT2D eigenvalue weighted by molar-refractivity contribution is 5.85. The number of halogens is 1. The molecule has 0 unspecified atom stereocenters. The van der Waals surface area contributed by atoms with Crippen LogP contribution in [-0.2, 0) is 0 Å². The molecule has 0 radical (unpaired) electrons. The van der Waals surface area contributed by atoms with Crippen LogP contribution in [0.1, 0.15) is 19.3 Å². The van der Waals surface area contributed by atoms with E-state index in [0.717, 1.165) is 0 Å². The molecule has 0 spiro atoms. The Kier molecular flexibility index (Phi) is 11.4. The summed E-state index contributed by atoms with van der Waals surface area (Å²) in [6.45, 7) is 2.50. The van der Waals surface area contributed by atoms with Gasteiger partial charge in [-0.05, 0) is 25.9 Å². The first-order valence-corrected chi connectivity index (χ1v) is 3.49. The molecule has 1 aliphatic rings. The average molecular weight is 182 g/mol. The van der Waals surface area contributed by atoms with E-state index in [9.17, 15) is 0 Å². The second-order valence-electron chi connectivity index (χ2n) is 2.21. The number of piperidine rings is 1. The van der Waals surface area contributed by atoms with Gasteiger partial charge in [-0.2, -0.15) is 0 Å². The molecule has 68 valence electrons. The SMILES string of the molecule is C1CCNCC1.Cl.NC(N)=O. The highest BCUT2D eigenvalue weighted by atomic mass is 35.5. The summed E-state index contributed by atoms with van der Waals surface area (Å²) < 4.78 is 0. The Bertz CT molecular complexity index is 80.3. The molecule has 5 heteroatoms. The molecular formula is C6H16ClN3O. The maximum Gasteiger partial charge on any atom is 0.309 e. The van der Waals surface area contributed by atoms with E-state index in [1.807, 2.05) is 0 Å². The predicted octanol–water partition coefficient (Wildman–Crippen LogP) is 0.206. The van der Waals surface area contributed by atoms with Gasteiger partial charge in [0.1, 0.15) is 0 Å². The van der Waals surface area contributed by atoms with Gasteiger partial charge < -0.3 is 16.8 Å². The molecule has 0 atom stereocenters. The molecule has 1 fully saturated rings. The first kappa shape index (κ1) is 13.1. The molecule has 0 aromatic carbocycles. The predicted molar refractivity (Wildman–Crippen MR) is 47.7 cm³/mol. The van der Waals surface area contributed by atoms with Gasteiger partial charge in [-0.3, -0.25) is 0 Å². The van der Waals surface area contributed by atoms with Crippen molar-refractivity contribution in [2.24, 2.45) is 11.5 Å². The van der Waals surface area contributed by atoms with Gasteiger partial charge in [0.25, 0.3) is 0 Å². The summed E-state index contributed by atoms with van der Waals surface area (Å²) >= 11 is 0. The van der Waals surface area contributed by atoms with Gasteiger partial charge in [0.05, 0.1) is 0 Å². The summed E-state index contributed by atoms with van der Waals surface area (Å²) in [4.78, 5) is 9.00. The molecule has 0 aromatic rings. The number of carbonyl (C=O) groups is 1. The molecule has 5 N–H and O–H groups in total. The molecule has 1 saturated heterocycles. The number of hydrogen-bond acceptors (Lipinski definition) is 2. The number of urea groups is 1. The summed E-state index contributed by atoms with van der Waals surface area (Å²) in [6.07, 6.45) is 4.22. The molecule has 0 bridgehead atoms. The molecule has 0 aromatic heterocycles. The fourth-order valence-electron chi connectivity index (χ4n) is 0.802. The number of rotatable bonds is 0. The largest absolute Gasteiger partial charge is 0.352 e. The lowest BCUT2D eigenvalue weighted by atomic mass is 10.2. The minimum Gasteiger partial charge on any atom is -0.352 e. The topological polar surface area (TPSA) is 81.1 Å². The summed E-state index contributed by atoms with van der Waals surface area (Å²) in [5, 5.41) is 3.28. The second-order valence-corrected chi connectivity index (χ2v) is 2.21. The molecule has 1 aliphatic heterocycles. The third-order valence-electron chi connectivity index (χ3n) is 1.21. The minimum atomic E-state index is -0.833. The maximum atomic E-state index is 9.00. The third kappa shape index (κ3) is 17.7. The summed E-state index contributed by atoms with van der Waals surface area (Å²) in [5.41, 5.74) is 8.50. The van der Waals surface area contributed by atoms with Crippen LogP contribution in [0.4, 0.5) is 4.79 Å². The van der Waals surface area contributed by atoms with Crippen molar-refractivity contribution in [2.75, 3.05) is 13.1 Å². The van der Waals surface area contributed by atoms with Crippen LogP contribution >= 0.6 is 12.4 Å². The van der Waals surface area contributed by atoms with Crippen molar-refractivity contribution in [2.45, 2.75) is 19.3 Å². The maximum absolute atomic E-state index is 9.00. The van der Waals surface area contributed by atoms with Gasteiger partial charge in [0, 0.05) is 0 Å². The van der Waals surface area contributed by atoms with Crippen molar-refractivity contribution in [1.82, 2.24) is 5.32 Å². The van der Waals surface area contributed by atoms with E-state index in [1.165, 1.54) is 32.4 Å². The first-order valence-electron chi connectivity index (χ1n) is 3.49. The van der Waals surface area contributed by atoms with E-state index < -0.39 is 6.03 Å². The fourth-order valence-corrected chi connectivity index (χ4v) is 0.802. The Balaban J connectivity index is 0. The van der Waals surface area contributed by atoms with Gasteiger partial charge in [-0.1, -0.05) is 6.42 Å². The van der Waals surface area contributed by atoms with Crippen molar-refractivity contribution in [3.63, 3.8) is 0 Å². The third-order valence-corrected chi connectivity index (χ3v) is 1.21. The molecule has 1 heterocycles. The number of nitrogens with one attached hydrogen (secondary N) is 1. The van der Waals surface area contributed by atoms with Gasteiger partial charge in [0.2, 0.25) is 0 Å². The van der Waals surface area contributed by atoms with Crippen molar-refractivity contribution >= 4 is 18.4 Å². The quantitative estimate of drug-likeness (QED) is 0.499. The van der Waals surface area contributed by atoms with E-state index in [4.69, 9.17) is 4.79 Å².